The standard InChI is InChI=1S/C26H18ClF9N4O3/c27-16-9-14(8-15(10-16)25(31,32)33)23(26(34,35)36)11-17(39-43-23)3-4-18-5-6-19(20-2-1-7-40(18)20)22(42)37-12-21(41)38-13-24(28,29)30/h1-10H,11-13H2,(H,37,42)(H,38,41)/b4-3+. The highest BCUT2D eigenvalue weighted by Crippen LogP contribution is 2.49. The SMILES string of the molecule is O=C(CNC(=O)c1ccc(/C=C/C2=NOC(c3cc(Cl)cc(C(F)(F)F)c3)(C(F)(F)F)C2)n2cccc12)NCC(F)(F)F. The number of aromatic nitrogens is 1. The minimum atomic E-state index is -5.19. The van der Waals surface area contributed by atoms with Crippen molar-refractivity contribution in [1.82, 2.24) is 15.0 Å². The lowest BCUT2D eigenvalue weighted by atomic mass is 9.87. The molecule has 0 saturated carbocycles. The maximum atomic E-state index is 14.2. The van der Waals surface area contributed by atoms with Crippen LogP contribution in [0.1, 0.15) is 33.6 Å². The normalized spacial score (nSPS) is 17.7. The van der Waals surface area contributed by atoms with Gasteiger partial charge in [-0.25, -0.2) is 0 Å². The molecule has 1 unspecified atom stereocenters. The molecule has 0 spiro atoms. The number of oxime groups is 1. The molecule has 4 rings (SSSR count). The average Bonchev–Trinajstić information content (AvgIpc) is 3.56. The number of allylic oxidation sites excluding steroid dienone is 1. The highest BCUT2D eigenvalue weighted by Gasteiger charge is 2.62. The molecule has 17 heteroatoms. The predicted molar refractivity (Wildman–Crippen MR) is 135 cm³/mol. The third kappa shape index (κ3) is 7.06. The third-order valence-electron chi connectivity index (χ3n) is 6.21. The van der Waals surface area contributed by atoms with E-state index in [1.807, 2.05) is 0 Å². The molecular formula is C26H18ClF9N4O3. The van der Waals surface area contributed by atoms with Crippen LogP contribution < -0.4 is 10.6 Å². The second-order valence-corrected chi connectivity index (χ2v) is 9.68. The first kappa shape index (κ1) is 31.7. The number of carbonyl (C=O) groups excluding carboxylic acids is 2. The van der Waals surface area contributed by atoms with Gasteiger partial charge in [0.05, 0.1) is 28.9 Å². The van der Waals surface area contributed by atoms with Crippen LogP contribution in [0.3, 0.4) is 0 Å². The van der Waals surface area contributed by atoms with E-state index in [1.165, 1.54) is 40.9 Å². The van der Waals surface area contributed by atoms with Crippen LogP contribution >= 0.6 is 11.6 Å². The molecule has 7 nitrogen and oxygen atoms in total. The molecular weight excluding hydrogens is 623 g/mol. The Kier molecular flexibility index (Phi) is 8.46. The molecule has 2 aromatic heterocycles. The van der Waals surface area contributed by atoms with Gasteiger partial charge in [-0.3, -0.25) is 9.59 Å². The van der Waals surface area contributed by atoms with Gasteiger partial charge in [0.25, 0.3) is 11.5 Å². The number of pyridine rings is 1. The van der Waals surface area contributed by atoms with Crippen molar-refractivity contribution in [3.05, 3.63) is 82.1 Å². The van der Waals surface area contributed by atoms with Crippen LogP contribution in [0.25, 0.3) is 11.6 Å². The molecule has 1 aliphatic rings. The van der Waals surface area contributed by atoms with Crippen LogP contribution in [-0.2, 0) is 21.4 Å². The summed E-state index contributed by atoms with van der Waals surface area (Å²) in [4.78, 5) is 28.9. The van der Waals surface area contributed by atoms with E-state index in [-0.39, 0.29) is 16.8 Å². The number of nitrogens with one attached hydrogen (secondary N) is 2. The Morgan fingerprint density at radius 1 is 1.00 bits per heavy atom. The van der Waals surface area contributed by atoms with E-state index < -0.39 is 71.6 Å². The summed E-state index contributed by atoms with van der Waals surface area (Å²) in [6, 6.07) is 7.24. The van der Waals surface area contributed by atoms with Gasteiger partial charge in [-0.2, -0.15) is 39.5 Å². The highest BCUT2D eigenvalue weighted by atomic mass is 35.5. The number of hydrogen-bond donors (Lipinski definition) is 2. The van der Waals surface area contributed by atoms with Crippen molar-refractivity contribution in [2.24, 2.45) is 5.16 Å². The van der Waals surface area contributed by atoms with E-state index in [1.54, 1.807) is 5.32 Å². The van der Waals surface area contributed by atoms with Gasteiger partial charge in [0.15, 0.2) is 0 Å². The van der Waals surface area contributed by atoms with Crippen molar-refractivity contribution in [2.45, 2.75) is 30.6 Å². The summed E-state index contributed by atoms with van der Waals surface area (Å²) in [5, 5.41) is 6.68. The maximum absolute atomic E-state index is 14.2. The zero-order valence-corrected chi connectivity index (χ0v) is 22.0. The summed E-state index contributed by atoms with van der Waals surface area (Å²) >= 11 is 5.70. The topological polar surface area (TPSA) is 84.2 Å². The van der Waals surface area contributed by atoms with Crippen LogP contribution in [0.4, 0.5) is 39.5 Å². The third-order valence-corrected chi connectivity index (χ3v) is 6.43. The van der Waals surface area contributed by atoms with Gasteiger partial charge in [-0.1, -0.05) is 16.8 Å². The average molecular weight is 641 g/mol. The van der Waals surface area contributed by atoms with E-state index in [0.29, 0.717) is 17.8 Å². The Morgan fingerprint density at radius 2 is 1.72 bits per heavy atom. The molecule has 0 fully saturated rings. The van der Waals surface area contributed by atoms with Gasteiger partial charge in [-0.15, -0.1) is 0 Å². The summed E-state index contributed by atoms with van der Waals surface area (Å²) in [7, 11) is 0. The molecule has 0 saturated heterocycles. The van der Waals surface area contributed by atoms with Crippen LogP contribution in [0.5, 0.6) is 0 Å². The number of rotatable bonds is 7. The molecule has 43 heavy (non-hydrogen) atoms. The number of fused-ring (bicyclic) bond motifs is 1. The van der Waals surface area contributed by atoms with Crippen LogP contribution in [0.15, 0.2) is 59.9 Å². The molecule has 230 valence electrons. The number of halogens is 10. The molecule has 1 atom stereocenters. The van der Waals surface area contributed by atoms with Crippen LogP contribution in [0.2, 0.25) is 5.02 Å². The van der Waals surface area contributed by atoms with E-state index in [9.17, 15) is 49.1 Å². The van der Waals surface area contributed by atoms with Crippen LogP contribution in [0, 0.1) is 0 Å². The second kappa shape index (κ2) is 11.5. The fourth-order valence-corrected chi connectivity index (χ4v) is 4.42. The zero-order chi connectivity index (χ0) is 31.8. The fourth-order valence-electron chi connectivity index (χ4n) is 4.19. The summed E-state index contributed by atoms with van der Waals surface area (Å²) in [6.45, 7) is -2.30. The van der Waals surface area contributed by atoms with E-state index in [0.717, 1.165) is 12.1 Å². The number of hydrogen-bond acceptors (Lipinski definition) is 4. The predicted octanol–water partition coefficient (Wildman–Crippen LogP) is 6.27. The highest BCUT2D eigenvalue weighted by molar-refractivity contribution is 6.30. The Hall–Kier alpha value is -4.21. The second-order valence-electron chi connectivity index (χ2n) is 9.25. The van der Waals surface area contributed by atoms with E-state index >= 15 is 0 Å². The molecule has 3 aromatic rings. The quantitative estimate of drug-likeness (QED) is 0.299. The van der Waals surface area contributed by atoms with Crippen molar-refractivity contribution >= 4 is 40.7 Å². The number of amides is 2. The largest absolute Gasteiger partial charge is 0.435 e. The van der Waals surface area contributed by atoms with Crippen molar-refractivity contribution in [3.8, 4) is 0 Å². The van der Waals surface area contributed by atoms with Gasteiger partial charge in [0.2, 0.25) is 5.91 Å². The molecule has 0 bridgehead atoms. The first-order valence-corrected chi connectivity index (χ1v) is 12.4. The lowest BCUT2D eigenvalue weighted by Gasteiger charge is -2.30. The minimum Gasteiger partial charge on any atom is -0.374 e. The number of nitrogens with zero attached hydrogens (tertiary/aromatic N) is 2. The fraction of sp³-hybridized carbons (Fsp3) is 0.269. The molecule has 3 heterocycles. The summed E-state index contributed by atoms with van der Waals surface area (Å²) in [5.41, 5.74) is -5.15. The van der Waals surface area contributed by atoms with E-state index in [4.69, 9.17) is 16.4 Å². The molecule has 2 amide bonds. The minimum absolute atomic E-state index is 0.0322. The van der Waals surface area contributed by atoms with Crippen molar-refractivity contribution < 1.29 is 53.9 Å². The number of alkyl halides is 9. The maximum Gasteiger partial charge on any atom is 0.435 e. The summed E-state index contributed by atoms with van der Waals surface area (Å²) < 4.78 is 121. The zero-order valence-electron chi connectivity index (χ0n) is 21.3. The summed E-state index contributed by atoms with van der Waals surface area (Å²) in [6.07, 6.45) is -11.8. The Balaban J connectivity index is 1.53. The number of carbonyl (C=O) groups is 2. The molecule has 1 aromatic carbocycles. The summed E-state index contributed by atoms with van der Waals surface area (Å²) in [5.74, 6) is -1.86. The monoisotopic (exact) mass is 640 g/mol. The lowest BCUT2D eigenvalue weighted by molar-refractivity contribution is -0.276. The van der Waals surface area contributed by atoms with Gasteiger partial charge in [-0.05, 0) is 54.6 Å². The Labute approximate surface area is 240 Å². The Morgan fingerprint density at radius 3 is 2.37 bits per heavy atom. The van der Waals surface area contributed by atoms with Crippen LogP contribution in [-0.4, -0.2) is 47.4 Å². The lowest BCUT2D eigenvalue weighted by Crippen LogP contribution is -2.42. The Bertz CT molecular complexity index is 1610. The molecule has 2 N–H and O–H groups in total. The van der Waals surface area contributed by atoms with Crippen molar-refractivity contribution in [3.63, 3.8) is 0 Å². The first-order valence-electron chi connectivity index (χ1n) is 12.0. The van der Waals surface area contributed by atoms with Gasteiger partial charge in [0, 0.05) is 28.9 Å². The smallest absolute Gasteiger partial charge is 0.374 e. The van der Waals surface area contributed by atoms with E-state index in [2.05, 4.69) is 10.5 Å². The van der Waals surface area contributed by atoms with Gasteiger partial charge >= 0.3 is 18.5 Å². The van der Waals surface area contributed by atoms with Gasteiger partial charge < -0.3 is 19.9 Å². The first-order chi connectivity index (χ1) is 19.9. The van der Waals surface area contributed by atoms with Crippen molar-refractivity contribution in [2.75, 3.05) is 13.1 Å². The molecule has 1 aliphatic heterocycles. The molecule has 0 radical (unpaired) electrons. The van der Waals surface area contributed by atoms with Gasteiger partial charge in [0.1, 0.15) is 6.54 Å². The molecule has 0 aliphatic carbocycles. The number of benzene rings is 1. The van der Waals surface area contributed by atoms with Crippen molar-refractivity contribution in [1.29, 1.82) is 0 Å².